The minimum atomic E-state index is -0.908. The van der Waals surface area contributed by atoms with Crippen LogP contribution in [0.5, 0.6) is 0 Å². The summed E-state index contributed by atoms with van der Waals surface area (Å²) >= 11 is 5.79. The lowest BCUT2D eigenvalue weighted by molar-refractivity contribution is -0.124. The average molecular weight is 392 g/mol. The van der Waals surface area contributed by atoms with E-state index < -0.39 is 29.6 Å². The number of benzene rings is 2. The molecule has 0 aliphatic rings. The van der Waals surface area contributed by atoms with Gasteiger partial charge in [-0.15, -0.1) is 0 Å². The Morgan fingerprint density at radius 2 is 1.56 bits per heavy atom. The lowest BCUT2D eigenvalue weighted by atomic mass is 10.0. The van der Waals surface area contributed by atoms with Crippen molar-refractivity contribution in [3.05, 3.63) is 70.5 Å². The Kier molecular flexibility index (Phi) is 6.90. The molecule has 0 bridgehead atoms. The second-order valence-corrected chi connectivity index (χ2v) is 6.56. The molecule has 6 nitrogen and oxygen atoms in total. The van der Waals surface area contributed by atoms with E-state index in [1.165, 1.54) is 30.3 Å². The van der Waals surface area contributed by atoms with E-state index in [4.69, 9.17) is 11.6 Å². The molecule has 27 heavy (non-hydrogen) atoms. The van der Waals surface area contributed by atoms with Crippen LogP contribution >= 0.6 is 11.6 Å². The molecule has 2 aromatic carbocycles. The fraction of sp³-hybridized carbons (Fsp3) is 0.211. The maximum Gasteiger partial charge on any atom is 0.272 e. The summed E-state index contributed by atoms with van der Waals surface area (Å²) in [5, 5.41) is 3.09. The van der Waals surface area contributed by atoms with E-state index in [1.807, 2.05) is 0 Å². The highest BCUT2D eigenvalue weighted by Gasteiger charge is 2.25. The first kappa shape index (κ1) is 20.4. The Morgan fingerprint density at radius 1 is 0.926 bits per heavy atom. The number of carbonyl (C=O) groups excluding carboxylic acids is 3. The summed E-state index contributed by atoms with van der Waals surface area (Å²) in [5.41, 5.74) is 4.50. The second kappa shape index (κ2) is 9.14. The highest BCUT2D eigenvalue weighted by atomic mass is 35.5. The molecule has 0 aliphatic heterocycles. The zero-order valence-electron chi connectivity index (χ0n) is 14.8. The molecule has 0 radical (unpaired) electrons. The first-order valence-corrected chi connectivity index (χ1v) is 8.58. The van der Waals surface area contributed by atoms with Gasteiger partial charge in [0.1, 0.15) is 11.9 Å². The van der Waals surface area contributed by atoms with Gasteiger partial charge in [0, 0.05) is 10.6 Å². The van der Waals surface area contributed by atoms with Gasteiger partial charge in [0.05, 0.1) is 5.56 Å². The van der Waals surface area contributed by atoms with E-state index in [2.05, 4.69) is 16.2 Å². The van der Waals surface area contributed by atoms with Gasteiger partial charge in [-0.25, -0.2) is 4.39 Å². The number of rotatable bonds is 5. The van der Waals surface area contributed by atoms with Crippen molar-refractivity contribution in [1.82, 2.24) is 16.2 Å². The van der Waals surface area contributed by atoms with Crippen LogP contribution in [0.3, 0.4) is 0 Å². The monoisotopic (exact) mass is 391 g/mol. The van der Waals surface area contributed by atoms with Gasteiger partial charge < -0.3 is 5.32 Å². The molecule has 0 saturated carbocycles. The van der Waals surface area contributed by atoms with Gasteiger partial charge in [-0.1, -0.05) is 37.6 Å². The van der Waals surface area contributed by atoms with Crippen LogP contribution in [0.4, 0.5) is 4.39 Å². The minimum Gasteiger partial charge on any atom is -0.340 e. The van der Waals surface area contributed by atoms with Gasteiger partial charge in [-0.2, -0.15) is 0 Å². The van der Waals surface area contributed by atoms with Gasteiger partial charge in [0.25, 0.3) is 17.7 Å². The van der Waals surface area contributed by atoms with Gasteiger partial charge in [0.15, 0.2) is 0 Å². The smallest absolute Gasteiger partial charge is 0.272 e. The molecule has 1 atom stereocenters. The summed E-state index contributed by atoms with van der Waals surface area (Å²) in [6, 6.07) is 10.7. The summed E-state index contributed by atoms with van der Waals surface area (Å²) in [6.45, 7) is 3.48. The lowest BCUT2D eigenvalue weighted by Gasteiger charge is -2.22. The minimum absolute atomic E-state index is 0.205. The van der Waals surface area contributed by atoms with Crippen LogP contribution in [-0.4, -0.2) is 23.8 Å². The largest absolute Gasteiger partial charge is 0.340 e. The Bertz CT molecular complexity index is 840. The Labute approximate surface area is 161 Å². The number of amides is 3. The highest BCUT2D eigenvalue weighted by Crippen LogP contribution is 2.11. The highest BCUT2D eigenvalue weighted by molar-refractivity contribution is 6.30. The van der Waals surface area contributed by atoms with Crippen LogP contribution in [0.2, 0.25) is 5.02 Å². The predicted octanol–water partition coefficient (Wildman–Crippen LogP) is 2.69. The number of nitrogens with one attached hydrogen (secondary N) is 3. The maximum atomic E-state index is 13.6. The fourth-order valence-corrected chi connectivity index (χ4v) is 2.40. The molecule has 0 saturated heterocycles. The van der Waals surface area contributed by atoms with E-state index in [-0.39, 0.29) is 11.5 Å². The van der Waals surface area contributed by atoms with E-state index >= 15 is 0 Å². The number of hydrogen-bond donors (Lipinski definition) is 3. The first-order chi connectivity index (χ1) is 12.8. The molecular weight excluding hydrogens is 373 g/mol. The summed E-state index contributed by atoms with van der Waals surface area (Å²) in [4.78, 5) is 36.7. The standard InChI is InChI=1S/C19H19ClFN3O3/c1-11(2)16(22-17(25)12-7-9-13(20)10-8-12)19(27)24-23-18(26)14-5-3-4-6-15(14)21/h3-11,16H,1-2H3,(H,22,25)(H,23,26)(H,24,27)/t16-/m0/s1. The molecule has 3 N–H and O–H groups in total. The number of hydrazine groups is 1. The molecule has 2 aromatic rings. The van der Waals surface area contributed by atoms with Crippen LogP contribution in [0, 0.1) is 11.7 Å². The Balaban J connectivity index is 2.00. The van der Waals surface area contributed by atoms with E-state index in [0.29, 0.717) is 10.6 Å². The quantitative estimate of drug-likeness (QED) is 0.685. The van der Waals surface area contributed by atoms with Crippen molar-refractivity contribution in [3.63, 3.8) is 0 Å². The number of hydrogen-bond acceptors (Lipinski definition) is 3. The molecule has 0 aliphatic carbocycles. The summed E-state index contributed by atoms with van der Waals surface area (Å²) in [6.07, 6.45) is 0. The zero-order valence-corrected chi connectivity index (χ0v) is 15.5. The van der Waals surface area contributed by atoms with Gasteiger partial charge in [-0.05, 0) is 42.3 Å². The molecule has 8 heteroatoms. The topological polar surface area (TPSA) is 87.3 Å². The number of halogens is 2. The zero-order chi connectivity index (χ0) is 20.0. The first-order valence-electron chi connectivity index (χ1n) is 8.20. The van der Waals surface area contributed by atoms with E-state index in [1.54, 1.807) is 26.0 Å². The molecular formula is C19H19ClFN3O3. The van der Waals surface area contributed by atoms with Crippen molar-refractivity contribution in [1.29, 1.82) is 0 Å². The van der Waals surface area contributed by atoms with Gasteiger partial charge in [-0.3, -0.25) is 25.2 Å². The van der Waals surface area contributed by atoms with Crippen molar-refractivity contribution in [2.75, 3.05) is 0 Å². The van der Waals surface area contributed by atoms with E-state index in [9.17, 15) is 18.8 Å². The third-order valence-electron chi connectivity index (χ3n) is 3.76. The van der Waals surface area contributed by atoms with E-state index in [0.717, 1.165) is 6.07 Å². The van der Waals surface area contributed by atoms with Crippen molar-refractivity contribution >= 4 is 29.3 Å². The summed E-state index contributed by atoms with van der Waals surface area (Å²) < 4.78 is 13.6. The van der Waals surface area contributed by atoms with Crippen LogP contribution in [0.15, 0.2) is 48.5 Å². The Hall–Kier alpha value is -2.93. The fourth-order valence-electron chi connectivity index (χ4n) is 2.27. The van der Waals surface area contributed by atoms with Gasteiger partial charge in [0.2, 0.25) is 0 Å². The van der Waals surface area contributed by atoms with Crippen LogP contribution in [0.1, 0.15) is 34.6 Å². The summed E-state index contributed by atoms with van der Waals surface area (Å²) in [7, 11) is 0. The van der Waals surface area contributed by atoms with Crippen molar-refractivity contribution < 1.29 is 18.8 Å². The summed E-state index contributed by atoms with van der Waals surface area (Å²) in [5.74, 6) is -2.85. The molecule has 3 amide bonds. The predicted molar refractivity (Wildman–Crippen MR) is 99.6 cm³/mol. The van der Waals surface area contributed by atoms with Crippen LogP contribution < -0.4 is 16.2 Å². The molecule has 2 rings (SSSR count). The molecule has 0 heterocycles. The average Bonchev–Trinajstić information content (AvgIpc) is 2.64. The number of carbonyl (C=O) groups is 3. The normalized spacial score (nSPS) is 11.6. The Morgan fingerprint density at radius 3 is 2.15 bits per heavy atom. The van der Waals surface area contributed by atoms with Crippen molar-refractivity contribution in [2.24, 2.45) is 5.92 Å². The SMILES string of the molecule is CC(C)[C@H](NC(=O)c1ccc(Cl)cc1)C(=O)NNC(=O)c1ccccc1F. The van der Waals surface area contributed by atoms with Crippen LogP contribution in [-0.2, 0) is 4.79 Å². The molecule has 0 aromatic heterocycles. The third kappa shape index (κ3) is 5.52. The second-order valence-electron chi connectivity index (χ2n) is 6.13. The van der Waals surface area contributed by atoms with Crippen molar-refractivity contribution in [3.8, 4) is 0 Å². The third-order valence-corrected chi connectivity index (χ3v) is 4.01. The molecule has 142 valence electrons. The van der Waals surface area contributed by atoms with Crippen LogP contribution in [0.25, 0.3) is 0 Å². The van der Waals surface area contributed by atoms with Crippen molar-refractivity contribution in [2.45, 2.75) is 19.9 Å². The maximum absolute atomic E-state index is 13.6. The lowest BCUT2D eigenvalue weighted by Crippen LogP contribution is -2.54. The molecule has 0 fully saturated rings. The van der Waals surface area contributed by atoms with Gasteiger partial charge >= 0.3 is 0 Å². The molecule has 0 unspecified atom stereocenters. The molecule has 0 spiro atoms.